The SMILES string of the molecule is CCOc1cc(C=C2SC(=O)N(Cc3c(F)cccc3Cl)C2=O)cc(Br)c1O. The van der Waals surface area contributed by atoms with Gasteiger partial charge in [-0.15, -0.1) is 0 Å². The molecule has 2 aromatic rings. The third-order valence-corrected chi connectivity index (χ3v) is 5.77. The second-order valence-corrected chi connectivity index (χ2v) is 8.01. The van der Waals surface area contributed by atoms with E-state index in [9.17, 15) is 19.1 Å². The second-order valence-electron chi connectivity index (χ2n) is 5.75. The highest BCUT2D eigenvalue weighted by molar-refractivity contribution is 9.10. The molecule has 28 heavy (non-hydrogen) atoms. The molecule has 0 unspecified atom stereocenters. The number of benzene rings is 2. The van der Waals surface area contributed by atoms with E-state index in [2.05, 4.69) is 15.9 Å². The molecular formula is C19H14BrClFNO4S. The fourth-order valence-corrected chi connectivity index (χ4v) is 4.09. The Balaban J connectivity index is 1.89. The summed E-state index contributed by atoms with van der Waals surface area (Å²) in [6.45, 7) is 1.87. The molecule has 9 heteroatoms. The number of carbonyl (C=O) groups is 2. The molecule has 1 fully saturated rings. The van der Waals surface area contributed by atoms with Gasteiger partial charge < -0.3 is 9.84 Å². The summed E-state index contributed by atoms with van der Waals surface area (Å²) >= 11 is 9.98. The van der Waals surface area contributed by atoms with Gasteiger partial charge in [0.05, 0.1) is 22.5 Å². The number of carbonyl (C=O) groups excluding carboxylic acids is 2. The topological polar surface area (TPSA) is 66.8 Å². The van der Waals surface area contributed by atoms with E-state index in [-0.39, 0.29) is 33.5 Å². The summed E-state index contributed by atoms with van der Waals surface area (Å²) < 4.78 is 19.8. The van der Waals surface area contributed by atoms with Crippen molar-refractivity contribution >= 4 is 56.5 Å². The van der Waals surface area contributed by atoms with Gasteiger partial charge in [-0.2, -0.15) is 0 Å². The van der Waals surface area contributed by atoms with Crippen molar-refractivity contribution in [2.75, 3.05) is 6.61 Å². The van der Waals surface area contributed by atoms with Gasteiger partial charge in [0, 0.05) is 10.6 Å². The fraction of sp³-hybridized carbons (Fsp3) is 0.158. The zero-order valence-electron chi connectivity index (χ0n) is 14.5. The standard InChI is InChI=1S/C19H14BrClFNO4S/c1-2-27-15-7-10(6-12(20)17(15)24)8-16-18(25)23(19(26)28-16)9-11-13(21)4-3-5-14(11)22/h3-8,24H,2,9H2,1H3. The number of rotatable bonds is 5. The van der Waals surface area contributed by atoms with E-state index >= 15 is 0 Å². The molecule has 0 aliphatic carbocycles. The summed E-state index contributed by atoms with van der Waals surface area (Å²) in [6, 6.07) is 7.33. The van der Waals surface area contributed by atoms with Crippen molar-refractivity contribution in [3.05, 3.63) is 61.7 Å². The van der Waals surface area contributed by atoms with Gasteiger partial charge in [-0.1, -0.05) is 17.7 Å². The van der Waals surface area contributed by atoms with Gasteiger partial charge in [-0.3, -0.25) is 14.5 Å². The Labute approximate surface area is 178 Å². The van der Waals surface area contributed by atoms with Gasteiger partial charge in [0.2, 0.25) is 0 Å². The summed E-state index contributed by atoms with van der Waals surface area (Å²) in [6.07, 6.45) is 1.51. The fourth-order valence-electron chi connectivity index (χ4n) is 2.57. The lowest BCUT2D eigenvalue weighted by Gasteiger charge is -2.14. The maximum atomic E-state index is 14.0. The minimum atomic E-state index is -0.584. The Kier molecular flexibility index (Phi) is 6.32. The molecule has 5 nitrogen and oxygen atoms in total. The molecule has 1 heterocycles. The number of phenols is 1. The smallest absolute Gasteiger partial charge is 0.293 e. The van der Waals surface area contributed by atoms with Gasteiger partial charge in [-0.05, 0) is 70.5 Å². The molecule has 3 rings (SSSR count). The van der Waals surface area contributed by atoms with Crippen molar-refractivity contribution in [1.82, 2.24) is 4.90 Å². The number of aromatic hydroxyl groups is 1. The quantitative estimate of drug-likeness (QED) is 0.559. The van der Waals surface area contributed by atoms with Crippen LogP contribution in [0.2, 0.25) is 5.02 Å². The first-order valence-corrected chi connectivity index (χ1v) is 10.1. The number of hydrogen-bond acceptors (Lipinski definition) is 5. The van der Waals surface area contributed by atoms with Crippen LogP contribution in [0.3, 0.4) is 0 Å². The van der Waals surface area contributed by atoms with E-state index in [1.54, 1.807) is 19.1 Å². The first-order chi connectivity index (χ1) is 13.3. The second kappa shape index (κ2) is 8.55. The summed E-state index contributed by atoms with van der Waals surface area (Å²) in [4.78, 5) is 26.1. The predicted molar refractivity (Wildman–Crippen MR) is 110 cm³/mol. The number of thioether (sulfide) groups is 1. The van der Waals surface area contributed by atoms with Crippen molar-refractivity contribution in [1.29, 1.82) is 0 Å². The van der Waals surface area contributed by atoms with E-state index in [0.717, 1.165) is 16.7 Å². The van der Waals surface area contributed by atoms with Gasteiger partial charge in [0.15, 0.2) is 11.5 Å². The van der Waals surface area contributed by atoms with Crippen molar-refractivity contribution in [2.24, 2.45) is 0 Å². The Bertz CT molecular complexity index is 978. The Morgan fingerprint density at radius 1 is 1.36 bits per heavy atom. The minimum Gasteiger partial charge on any atom is -0.503 e. The maximum absolute atomic E-state index is 14.0. The number of phenolic OH excluding ortho intramolecular Hbond substituents is 1. The van der Waals surface area contributed by atoms with Crippen molar-refractivity contribution in [3.8, 4) is 11.5 Å². The molecule has 0 radical (unpaired) electrons. The van der Waals surface area contributed by atoms with Gasteiger partial charge in [0.25, 0.3) is 11.1 Å². The minimum absolute atomic E-state index is 0.0544. The molecule has 146 valence electrons. The summed E-state index contributed by atoms with van der Waals surface area (Å²) in [5, 5.41) is 9.62. The highest BCUT2D eigenvalue weighted by Crippen LogP contribution is 2.39. The van der Waals surface area contributed by atoms with E-state index in [4.69, 9.17) is 16.3 Å². The summed E-state index contributed by atoms with van der Waals surface area (Å²) in [5.74, 6) is -0.933. The molecule has 1 aliphatic heterocycles. The largest absolute Gasteiger partial charge is 0.503 e. The van der Waals surface area contributed by atoms with Gasteiger partial charge in [0.1, 0.15) is 5.82 Å². The first-order valence-electron chi connectivity index (χ1n) is 8.15. The first kappa shape index (κ1) is 20.7. The van der Waals surface area contributed by atoms with E-state index < -0.39 is 17.0 Å². The third-order valence-electron chi connectivity index (χ3n) is 3.90. The van der Waals surface area contributed by atoms with Crippen molar-refractivity contribution < 1.29 is 23.8 Å². The number of ether oxygens (including phenoxy) is 1. The van der Waals surface area contributed by atoms with Gasteiger partial charge in [-0.25, -0.2) is 4.39 Å². The summed E-state index contributed by atoms with van der Waals surface area (Å²) in [7, 11) is 0. The number of hydrogen-bond donors (Lipinski definition) is 1. The Morgan fingerprint density at radius 2 is 2.11 bits per heavy atom. The predicted octanol–water partition coefficient (Wildman–Crippen LogP) is 5.58. The highest BCUT2D eigenvalue weighted by atomic mass is 79.9. The van der Waals surface area contributed by atoms with Crippen LogP contribution in [-0.2, 0) is 11.3 Å². The summed E-state index contributed by atoms with van der Waals surface area (Å²) in [5.41, 5.74) is 0.640. The van der Waals surface area contributed by atoms with Crippen LogP contribution >= 0.6 is 39.3 Å². The van der Waals surface area contributed by atoms with E-state index in [0.29, 0.717) is 16.6 Å². The lowest BCUT2D eigenvalue weighted by molar-refractivity contribution is -0.123. The van der Waals surface area contributed by atoms with Crippen LogP contribution < -0.4 is 4.74 Å². The Morgan fingerprint density at radius 3 is 2.79 bits per heavy atom. The third kappa shape index (κ3) is 4.19. The van der Waals surface area contributed by atoms with Crippen LogP contribution in [0.5, 0.6) is 11.5 Å². The lowest BCUT2D eigenvalue weighted by atomic mass is 10.1. The molecule has 0 spiro atoms. The average molecular weight is 487 g/mol. The molecule has 0 bridgehead atoms. The zero-order valence-corrected chi connectivity index (χ0v) is 17.7. The average Bonchev–Trinajstić information content (AvgIpc) is 2.89. The van der Waals surface area contributed by atoms with Crippen LogP contribution in [-0.4, -0.2) is 27.8 Å². The molecule has 0 atom stereocenters. The van der Waals surface area contributed by atoms with Crippen molar-refractivity contribution in [3.63, 3.8) is 0 Å². The number of imide groups is 1. The Hall–Kier alpha value is -2.03. The monoisotopic (exact) mass is 485 g/mol. The normalized spacial score (nSPS) is 15.6. The lowest BCUT2D eigenvalue weighted by Crippen LogP contribution is -2.28. The van der Waals surface area contributed by atoms with Crippen LogP contribution in [0, 0.1) is 5.82 Å². The van der Waals surface area contributed by atoms with Crippen LogP contribution in [0.25, 0.3) is 6.08 Å². The number of amides is 2. The molecule has 2 amide bonds. The van der Waals surface area contributed by atoms with Crippen LogP contribution in [0.1, 0.15) is 18.1 Å². The van der Waals surface area contributed by atoms with E-state index in [1.165, 1.54) is 24.3 Å². The van der Waals surface area contributed by atoms with Crippen LogP contribution in [0.15, 0.2) is 39.7 Å². The molecule has 1 N–H and O–H groups in total. The maximum Gasteiger partial charge on any atom is 0.293 e. The highest BCUT2D eigenvalue weighted by Gasteiger charge is 2.36. The van der Waals surface area contributed by atoms with E-state index in [1.807, 2.05) is 0 Å². The molecule has 0 aromatic heterocycles. The molecule has 1 saturated heterocycles. The molecule has 1 aliphatic rings. The zero-order chi connectivity index (χ0) is 20.4. The molecule has 2 aromatic carbocycles. The molecular weight excluding hydrogens is 473 g/mol. The number of nitrogens with zero attached hydrogens (tertiary/aromatic N) is 1. The van der Waals surface area contributed by atoms with Gasteiger partial charge >= 0.3 is 0 Å². The van der Waals surface area contributed by atoms with Crippen LogP contribution in [0.4, 0.5) is 9.18 Å². The molecule has 0 saturated carbocycles. The number of halogens is 3. The van der Waals surface area contributed by atoms with Crippen molar-refractivity contribution in [2.45, 2.75) is 13.5 Å².